The Balaban J connectivity index is 1.45. The highest BCUT2D eigenvalue weighted by Gasteiger charge is 2.21. The predicted octanol–water partition coefficient (Wildman–Crippen LogP) is 3.30. The smallest absolute Gasteiger partial charge is 0.339 e. The van der Waals surface area contributed by atoms with Crippen LogP contribution in [-0.2, 0) is 4.74 Å². The molecule has 2 heterocycles. The van der Waals surface area contributed by atoms with Crippen LogP contribution in [0.25, 0.3) is 0 Å². The third kappa shape index (κ3) is 3.91. The van der Waals surface area contributed by atoms with Crippen molar-refractivity contribution in [3.63, 3.8) is 0 Å². The summed E-state index contributed by atoms with van der Waals surface area (Å²) in [4.78, 5) is 16.6. The monoisotopic (exact) mass is 380 g/mol. The second-order valence-corrected chi connectivity index (χ2v) is 6.82. The lowest BCUT2D eigenvalue weighted by atomic mass is 10.1. The number of fused-ring (bicyclic) bond motifs is 1. The van der Waals surface area contributed by atoms with Gasteiger partial charge in [0.05, 0.1) is 18.4 Å². The first-order valence-corrected chi connectivity index (χ1v) is 9.51. The molecule has 0 saturated carbocycles. The van der Waals surface area contributed by atoms with Crippen LogP contribution >= 0.6 is 0 Å². The van der Waals surface area contributed by atoms with E-state index in [4.69, 9.17) is 14.2 Å². The van der Waals surface area contributed by atoms with Gasteiger partial charge in [0.15, 0.2) is 17.3 Å². The molecule has 2 aromatic rings. The van der Waals surface area contributed by atoms with E-state index in [1.807, 2.05) is 54.7 Å². The number of methoxy groups -OCH3 is 1. The van der Waals surface area contributed by atoms with Crippen molar-refractivity contribution in [2.45, 2.75) is 6.42 Å². The van der Waals surface area contributed by atoms with Crippen LogP contribution in [0.4, 0.5) is 5.69 Å². The zero-order valence-electron chi connectivity index (χ0n) is 16.0. The number of nitrogens with zero attached hydrogens (tertiary/aromatic N) is 2. The summed E-state index contributed by atoms with van der Waals surface area (Å²) in [6.45, 7) is 3.89. The molecule has 2 aliphatic rings. The number of ether oxygens (including phenoxy) is 3. The van der Waals surface area contributed by atoms with Crippen LogP contribution in [0.15, 0.2) is 60.5 Å². The Morgan fingerprint density at radius 1 is 1.00 bits per heavy atom. The van der Waals surface area contributed by atoms with Gasteiger partial charge in [-0.15, -0.1) is 0 Å². The molecule has 1 saturated heterocycles. The first kappa shape index (κ1) is 18.2. The van der Waals surface area contributed by atoms with Crippen molar-refractivity contribution < 1.29 is 19.0 Å². The van der Waals surface area contributed by atoms with E-state index >= 15 is 0 Å². The molecule has 0 aromatic heterocycles. The van der Waals surface area contributed by atoms with Gasteiger partial charge in [0, 0.05) is 32.4 Å². The van der Waals surface area contributed by atoms with Crippen LogP contribution in [0, 0.1) is 0 Å². The predicted molar refractivity (Wildman–Crippen MR) is 107 cm³/mol. The minimum absolute atomic E-state index is 0.301. The second kappa shape index (κ2) is 8.25. The van der Waals surface area contributed by atoms with Gasteiger partial charge in [-0.1, -0.05) is 24.3 Å². The molecule has 146 valence electrons. The number of carbonyl (C=O) groups is 1. The first-order valence-electron chi connectivity index (χ1n) is 9.51. The zero-order valence-corrected chi connectivity index (χ0v) is 16.0. The van der Waals surface area contributed by atoms with E-state index in [2.05, 4.69) is 9.80 Å². The third-order valence-electron chi connectivity index (χ3n) is 4.97. The largest absolute Gasteiger partial charge is 0.482 e. The number of esters is 1. The van der Waals surface area contributed by atoms with E-state index < -0.39 is 0 Å². The number of hydrogen-bond donors (Lipinski definition) is 0. The summed E-state index contributed by atoms with van der Waals surface area (Å²) in [5.74, 6) is 2.04. The maximum absolute atomic E-state index is 12.1. The van der Waals surface area contributed by atoms with E-state index in [1.54, 1.807) is 0 Å². The van der Waals surface area contributed by atoms with Gasteiger partial charge in [0.1, 0.15) is 6.61 Å². The maximum atomic E-state index is 12.1. The van der Waals surface area contributed by atoms with Crippen LogP contribution in [0.3, 0.4) is 0 Å². The van der Waals surface area contributed by atoms with Crippen molar-refractivity contribution in [2.75, 3.05) is 44.8 Å². The van der Waals surface area contributed by atoms with Crippen molar-refractivity contribution in [3.8, 4) is 11.5 Å². The van der Waals surface area contributed by atoms with Gasteiger partial charge < -0.3 is 24.0 Å². The fourth-order valence-corrected chi connectivity index (χ4v) is 3.58. The highest BCUT2D eigenvalue weighted by molar-refractivity contribution is 5.95. The molecule has 2 aliphatic heterocycles. The summed E-state index contributed by atoms with van der Waals surface area (Å²) in [5.41, 5.74) is 1.53. The molecule has 0 atom stereocenters. The molecule has 0 amide bonds. The van der Waals surface area contributed by atoms with Crippen molar-refractivity contribution >= 4 is 11.7 Å². The van der Waals surface area contributed by atoms with Crippen molar-refractivity contribution in [2.24, 2.45) is 0 Å². The lowest BCUT2D eigenvalue weighted by Crippen LogP contribution is -2.30. The topological polar surface area (TPSA) is 51.2 Å². The molecule has 0 bridgehead atoms. The van der Waals surface area contributed by atoms with Crippen LogP contribution in [-0.4, -0.2) is 50.8 Å². The minimum atomic E-state index is -0.301. The second-order valence-electron chi connectivity index (χ2n) is 6.82. The van der Waals surface area contributed by atoms with E-state index in [0.29, 0.717) is 12.2 Å². The quantitative estimate of drug-likeness (QED) is 0.762. The van der Waals surface area contributed by atoms with E-state index in [1.165, 1.54) is 7.11 Å². The lowest BCUT2D eigenvalue weighted by Gasteiger charge is -2.26. The van der Waals surface area contributed by atoms with Gasteiger partial charge in [0.2, 0.25) is 0 Å². The molecular formula is C22H24N2O4. The molecule has 0 aliphatic carbocycles. The zero-order chi connectivity index (χ0) is 19.3. The van der Waals surface area contributed by atoms with Crippen LogP contribution in [0.5, 0.6) is 11.5 Å². The number of para-hydroxylation sites is 3. The summed E-state index contributed by atoms with van der Waals surface area (Å²) >= 11 is 0. The van der Waals surface area contributed by atoms with Crippen molar-refractivity contribution in [3.05, 3.63) is 66.1 Å². The Labute approximate surface area is 164 Å². The maximum Gasteiger partial charge on any atom is 0.339 e. The van der Waals surface area contributed by atoms with Crippen LogP contribution in [0.2, 0.25) is 0 Å². The minimum Gasteiger partial charge on any atom is -0.482 e. The standard InChI is InChI=1S/C22H24N2O4/c1-26-22(25)18-7-2-3-8-19(18)24-12-6-11-23(13-14-24)15-17-16-27-20-9-4-5-10-21(20)28-17/h2-5,7-10,15H,6,11-14,16H2,1H3. The van der Waals surface area contributed by atoms with Gasteiger partial charge in [-0.05, 0) is 30.7 Å². The number of carbonyl (C=O) groups excluding carboxylic acids is 1. The Morgan fingerprint density at radius 2 is 1.79 bits per heavy atom. The average molecular weight is 380 g/mol. The molecule has 6 nitrogen and oxygen atoms in total. The van der Waals surface area contributed by atoms with E-state index in [9.17, 15) is 4.79 Å². The van der Waals surface area contributed by atoms with Gasteiger partial charge in [-0.2, -0.15) is 0 Å². The molecule has 28 heavy (non-hydrogen) atoms. The lowest BCUT2D eigenvalue weighted by molar-refractivity contribution is 0.0601. The Bertz CT molecular complexity index is 880. The molecular weight excluding hydrogens is 356 g/mol. The molecule has 4 rings (SSSR count). The van der Waals surface area contributed by atoms with Crippen molar-refractivity contribution in [1.29, 1.82) is 0 Å². The fourth-order valence-electron chi connectivity index (χ4n) is 3.58. The molecule has 6 heteroatoms. The Morgan fingerprint density at radius 3 is 2.64 bits per heavy atom. The highest BCUT2D eigenvalue weighted by Crippen LogP contribution is 2.32. The van der Waals surface area contributed by atoms with Crippen LogP contribution in [0.1, 0.15) is 16.8 Å². The average Bonchev–Trinajstić information content (AvgIpc) is 2.98. The summed E-state index contributed by atoms with van der Waals surface area (Å²) in [7, 11) is 1.42. The summed E-state index contributed by atoms with van der Waals surface area (Å²) in [6.07, 6.45) is 3.03. The number of anilines is 1. The molecule has 0 unspecified atom stereocenters. The number of hydrogen-bond acceptors (Lipinski definition) is 6. The summed E-state index contributed by atoms with van der Waals surface area (Å²) < 4.78 is 16.7. The molecule has 2 aromatic carbocycles. The molecule has 1 fully saturated rings. The molecule has 0 radical (unpaired) electrons. The Kier molecular flexibility index (Phi) is 5.37. The van der Waals surface area contributed by atoms with E-state index in [0.717, 1.165) is 55.5 Å². The van der Waals surface area contributed by atoms with Gasteiger partial charge in [0.25, 0.3) is 0 Å². The number of rotatable bonds is 3. The molecule has 0 spiro atoms. The first-order chi connectivity index (χ1) is 13.7. The van der Waals surface area contributed by atoms with Crippen molar-refractivity contribution in [1.82, 2.24) is 4.90 Å². The SMILES string of the molecule is COC(=O)c1ccccc1N1CCCN(C=C2COc3ccccc3O2)CC1. The summed E-state index contributed by atoms with van der Waals surface area (Å²) in [5, 5.41) is 0. The highest BCUT2D eigenvalue weighted by atomic mass is 16.6. The number of benzene rings is 2. The van der Waals surface area contributed by atoms with Crippen LogP contribution < -0.4 is 14.4 Å². The molecule has 0 N–H and O–H groups in total. The van der Waals surface area contributed by atoms with E-state index in [-0.39, 0.29) is 5.97 Å². The normalized spacial score (nSPS) is 18.0. The van der Waals surface area contributed by atoms with Gasteiger partial charge in [-0.25, -0.2) is 4.79 Å². The van der Waals surface area contributed by atoms with Gasteiger partial charge >= 0.3 is 5.97 Å². The van der Waals surface area contributed by atoms with Gasteiger partial charge in [-0.3, -0.25) is 0 Å². The summed E-state index contributed by atoms with van der Waals surface area (Å²) in [6, 6.07) is 15.3. The third-order valence-corrected chi connectivity index (χ3v) is 4.97. The Hall–Kier alpha value is -3.15. The fraction of sp³-hybridized carbons (Fsp3) is 0.318.